The fraction of sp³-hybridized carbons (Fsp3) is 0. The monoisotopic (exact) mass is 621 g/mol. The Morgan fingerprint density at radius 1 is 0.265 bits per heavy atom. The first-order valence-electron chi connectivity index (χ1n) is 16.9. The zero-order valence-electron chi connectivity index (χ0n) is 26.8. The van der Waals surface area contributed by atoms with Gasteiger partial charge in [0.15, 0.2) is 0 Å². The van der Waals surface area contributed by atoms with Crippen molar-refractivity contribution in [1.82, 2.24) is 0 Å². The Bertz CT molecular complexity index is 2870. The molecule has 10 aromatic carbocycles. The molecule has 0 amide bonds. The van der Waals surface area contributed by atoms with E-state index in [2.05, 4.69) is 193 Å². The molecule has 0 saturated carbocycles. The molecular weight excluding hydrogens is 591 g/mol. The maximum Gasteiger partial charge on any atom is 0.0468 e. The molecule has 0 aliphatic heterocycles. The Morgan fingerprint density at radius 2 is 0.776 bits per heavy atom. The van der Waals surface area contributed by atoms with Crippen LogP contribution in [0, 0.1) is 0 Å². The van der Waals surface area contributed by atoms with Crippen molar-refractivity contribution in [2.75, 3.05) is 4.90 Å². The van der Waals surface area contributed by atoms with Gasteiger partial charge in [0.25, 0.3) is 0 Å². The SMILES string of the molecule is c1ccc(N(c2ccc(-c3cc4ccccc4c4ccccc34)cc2)c2ccc3c4ccccc4c4c5ccccc5ccc4c3c2)cc1. The average Bonchev–Trinajstić information content (AvgIpc) is 3.18. The van der Waals surface area contributed by atoms with E-state index in [-0.39, 0.29) is 0 Å². The van der Waals surface area contributed by atoms with Crippen LogP contribution in [-0.2, 0) is 0 Å². The van der Waals surface area contributed by atoms with Gasteiger partial charge in [-0.3, -0.25) is 0 Å². The molecule has 0 fully saturated rings. The van der Waals surface area contributed by atoms with Gasteiger partial charge < -0.3 is 4.90 Å². The van der Waals surface area contributed by atoms with Crippen molar-refractivity contribution in [1.29, 1.82) is 0 Å². The first kappa shape index (κ1) is 27.7. The molecule has 0 atom stereocenters. The highest BCUT2D eigenvalue weighted by Gasteiger charge is 2.17. The molecule has 10 aromatic rings. The van der Waals surface area contributed by atoms with E-state index in [9.17, 15) is 0 Å². The van der Waals surface area contributed by atoms with Crippen molar-refractivity contribution in [3.63, 3.8) is 0 Å². The molecule has 1 nitrogen and oxygen atoms in total. The topological polar surface area (TPSA) is 3.24 Å². The summed E-state index contributed by atoms with van der Waals surface area (Å²) in [7, 11) is 0. The van der Waals surface area contributed by atoms with Crippen LogP contribution in [0.25, 0.3) is 75.8 Å². The normalized spacial score (nSPS) is 11.7. The van der Waals surface area contributed by atoms with Gasteiger partial charge in [-0.05, 0) is 118 Å². The summed E-state index contributed by atoms with van der Waals surface area (Å²) in [6.45, 7) is 0. The maximum atomic E-state index is 2.39. The Labute approximate surface area is 284 Å². The number of fused-ring (bicyclic) bond motifs is 11. The van der Waals surface area contributed by atoms with E-state index in [1.165, 1.54) is 75.8 Å². The molecule has 0 N–H and O–H groups in total. The lowest BCUT2D eigenvalue weighted by atomic mass is 9.91. The van der Waals surface area contributed by atoms with Gasteiger partial charge in [-0.15, -0.1) is 0 Å². The molecule has 228 valence electrons. The van der Waals surface area contributed by atoms with Gasteiger partial charge in [-0.2, -0.15) is 0 Å². The minimum Gasteiger partial charge on any atom is -0.310 e. The van der Waals surface area contributed by atoms with Crippen molar-refractivity contribution in [2.45, 2.75) is 0 Å². The quantitative estimate of drug-likeness (QED) is 0.177. The van der Waals surface area contributed by atoms with E-state index < -0.39 is 0 Å². The number of rotatable bonds is 4. The van der Waals surface area contributed by atoms with Gasteiger partial charge in [-0.1, -0.05) is 146 Å². The van der Waals surface area contributed by atoms with E-state index in [0.717, 1.165) is 17.1 Å². The number of hydrogen-bond acceptors (Lipinski definition) is 1. The number of anilines is 3. The van der Waals surface area contributed by atoms with Crippen molar-refractivity contribution in [2.24, 2.45) is 0 Å². The number of benzene rings is 10. The molecule has 0 spiro atoms. The minimum absolute atomic E-state index is 1.12. The predicted octanol–water partition coefficient (Wildman–Crippen LogP) is 13.7. The van der Waals surface area contributed by atoms with Crippen molar-refractivity contribution < 1.29 is 0 Å². The van der Waals surface area contributed by atoms with Gasteiger partial charge in [0.1, 0.15) is 0 Å². The van der Waals surface area contributed by atoms with Crippen LogP contribution < -0.4 is 4.90 Å². The third kappa shape index (κ3) is 4.40. The fourth-order valence-corrected chi connectivity index (χ4v) is 7.96. The summed E-state index contributed by atoms with van der Waals surface area (Å²) in [5.41, 5.74) is 5.84. The fourth-order valence-electron chi connectivity index (χ4n) is 7.96. The molecule has 0 aromatic heterocycles. The lowest BCUT2D eigenvalue weighted by Crippen LogP contribution is -2.09. The first-order valence-corrected chi connectivity index (χ1v) is 16.9. The molecule has 1 heteroatoms. The number of para-hydroxylation sites is 1. The lowest BCUT2D eigenvalue weighted by molar-refractivity contribution is 1.29. The Morgan fingerprint density at radius 3 is 1.55 bits per heavy atom. The summed E-state index contributed by atoms with van der Waals surface area (Å²) in [6.07, 6.45) is 0. The summed E-state index contributed by atoms with van der Waals surface area (Å²) < 4.78 is 0. The third-order valence-corrected chi connectivity index (χ3v) is 10.2. The van der Waals surface area contributed by atoms with E-state index >= 15 is 0 Å². The molecule has 0 aliphatic carbocycles. The second-order valence-electron chi connectivity index (χ2n) is 12.9. The zero-order valence-corrected chi connectivity index (χ0v) is 26.8. The third-order valence-electron chi connectivity index (χ3n) is 10.2. The van der Waals surface area contributed by atoms with Crippen LogP contribution in [0.5, 0.6) is 0 Å². The Balaban J connectivity index is 1.18. The van der Waals surface area contributed by atoms with Gasteiger partial charge in [0.2, 0.25) is 0 Å². The van der Waals surface area contributed by atoms with Gasteiger partial charge in [0, 0.05) is 17.1 Å². The molecule has 0 saturated heterocycles. The Hall–Kier alpha value is -6.44. The molecule has 10 rings (SSSR count). The van der Waals surface area contributed by atoms with Crippen LogP contribution in [0.15, 0.2) is 188 Å². The maximum absolute atomic E-state index is 2.39. The minimum atomic E-state index is 1.12. The van der Waals surface area contributed by atoms with Crippen LogP contribution >= 0.6 is 0 Å². The first-order chi connectivity index (χ1) is 24.3. The second kappa shape index (κ2) is 11.1. The van der Waals surface area contributed by atoms with Gasteiger partial charge in [0.05, 0.1) is 0 Å². The van der Waals surface area contributed by atoms with Crippen molar-refractivity contribution in [3.05, 3.63) is 188 Å². The van der Waals surface area contributed by atoms with Crippen LogP contribution in [0.4, 0.5) is 17.1 Å². The molecule has 0 radical (unpaired) electrons. The van der Waals surface area contributed by atoms with Gasteiger partial charge in [-0.25, -0.2) is 0 Å². The lowest BCUT2D eigenvalue weighted by Gasteiger charge is -2.26. The second-order valence-corrected chi connectivity index (χ2v) is 12.9. The summed E-state index contributed by atoms with van der Waals surface area (Å²) in [5, 5.41) is 15.4. The van der Waals surface area contributed by atoms with Crippen LogP contribution in [0.1, 0.15) is 0 Å². The van der Waals surface area contributed by atoms with E-state index in [4.69, 9.17) is 0 Å². The van der Waals surface area contributed by atoms with E-state index in [0.29, 0.717) is 0 Å². The molecular formula is C48H31N. The summed E-state index contributed by atoms with van der Waals surface area (Å²) in [5.74, 6) is 0. The number of hydrogen-bond donors (Lipinski definition) is 0. The summed E-state index contributed by atoms with van der Waals surface area (Å²) >= 11 is 0. The standard InChI is InChI=1S/C48H31N/c1-2-14-35(15-3-1)49(36-25-22-33(23-26-36)46-30-34-13-5-6-16-38(34)40-18-8-9-20-42(40)46)37-27-29-43-41-19-10-11-21-44(41)48-39-17-7-4-12-32(39)24-28-45(48)47(43)31-37/h1-31H. The van der Waals surface area contributed by atoms with Crippen LogP contribution in [0.3, 0.4) is 0 Å². The van der Waals surface area contributed by atoms with Gasteiger partial charge >= 0.3 is 0 Å². The highest BCUT2D eigenvalue weighted by molar-refractivity contribution is 6.31. The highest BCUT2D eigenvalue weighted by atomic mass is 15.1. The smallest absolute Gasteiger partial charge is 0.0468 e. The number of nitrogens with zero attached hydrogens (tertiary/aromatic N) is 1. The van der Waals surface area contributed by atoms with Crippen LogP contribution in [-0.4, -0.2) is 0 Å². The van der Waals surface area contributed by atoms with E-state index in [1.54, 1.807) is 0 Å². The zero-order chi connectivity index (χ0) is 32.3. The summed E-state index contributed by atoms with van der Waals surface area (Å²) in [6, 6.07) is 68.7. The predicted molar refractivity (Wildman–Crippen MR) is 212 cm³/mol. The Kier molecular flexibility index (Phi) is 6.25. The molecule has 0 heterocycles. The molecule has 0 bridgehead atoms. The molecule has 49 heavy (non-hydrogen) atoms. The molecule has 0 aliphatic rings. The van der Waals surface area contributed by atoms with Crippen LogP contribution in [0.2, 0.25) is 0 Å². The molecule has 0 unspecified atom stereocenters. The van der Waals surface area contributed by atoms with E-state index in [1.807, 2.05) is 0 Å². The highest BCUT2D eigenvalue weighted by Crippen LogP contribution is 2.43. The largest absolute Gasteiger partial charge is 0.310 e. The summed E-state index contributed by atoms with van der Waals surface area (Å²) in [4.78, 5) is 2.38. The average molecular weight is 622 g/mol. The van der Waals surface area contributed by atoms with Crippen molar-refractivity contribution in [3.8, 4) is 11.1 Å². The van der Waals surface area contributed by atoms with Crippen molar-refractivity contribution >= 4 is 81.7 Å².